The number of nitrogens with one attached hydrogen (secondary N) is 1. The predicted octanol–water partition coefficient (Wildman–Crippen LogP) is 1.72. The van der Waals surface area contributed by atoms with E-state index < -0.39 is 0 Å². The Kier molecular flexibility index (Phi) is 4.53. The van der Waals surface area contributed by atoms with Gasteiger partial charge in [0.05, 0.1) is 0 Å². The molecule has 4 atom stereocenters. The molecule has 2 aromatic rings. The summed E-state index contributed by atoms with van der Waals surface area (Å²) in [4.78, 5) is 12.4. The van der Waals surface area contributed by atoms with Gasteiger partial charge in [-0.2, -0.15) is 0 Å². The lowest BCUT2D eigenvalue weighted by Crippen LogP contribution is -2.45. The number of aromatic nitrogens is 3. The van der Waals surface area contributed by atoms with Crippen molar-refractivity contribution in [2.45, 2.75) is 38.1 Å². The molecule has 2 aliphatic rings. The Bertz CT molecular complexity index is 730. The number of benzene rings is 1. The topological polar surface area (TPSA) is 80.0 Å². The van der Waals surface area contributed by atoms with Crippen LogP contribution in [-0.4, -0.2) is 38.4 Å². The number of amides is 1. The molecule has 1 heterocycles. The first-order valence-electron chi connectivity index (χ1n) is 9.11. The fraction of sp³-hybridized carbons (Fsp3) is 0.526. The van der Waals surface area contributed by atoms with Gasteiger partial charge >= 0.3 is 0 Å². The van der Waals surface area contributed by atoms with Crippen LogP contribution < -0.4 is 5.32 Å². The summed E-state index contributed by atoms with van der Waals surface area (Å²) in [5.74, 6) is 2.18. The zero-order chi connectivity index (χ0) is 17.2. The number of hydrogen-bond donors (Lipinski definition) is 2. The summed E-state index contributed by atoms with van der Waals surface area (Å²) >= 11 is 0. The van der Waals surface area contributed by atoms with Crippen LogP contribution in [-0.2, 0) is 11.2 Å². The van der Waals surface area contributed by atoms with Gasteiger partial charge in [0.2, 0.25) is 5.91 Å². The largest absolute Gasteiger partial charge is 0.396 e. The predicted molar refractivity (Wildman–Crippen MR) is 93.0 cm³/mol. The molecule has 0 spiro atoms. The highest BCUT2D eigenvalue weighted by Gasteiger charge is 2.47. The van der Waals surface area contributed by atoms with Crippen LogP contribution in [0.25, 0.3) is 5.69 Å². The van der Waals surface area contributed by atoms with Crippen molar-refractivity contribution in [3.8, 4) is 5.69 Å². The Hall–Kier alpha value is -2.21. The van der Waals surface area contributed by atoms with Crippen molar-refractivity contribution in [3.63, 3.8) is 0 Å². The second-order valence-corrected chi connectivity index (χ2v) is 7.23. The molecule has 1 amide bonds. The normalized spacial score (nSPS) is 27.6. The summed E-state index contributed by atoms with van der Waals surface area (Å²) in [6.07, 6.45) is 6.14. The van der Waals surface area contributed by atoms with Gasteiger partial charge in [-0.15, -0.1) is 10.2 Å². The number of aliphatic hydroxyl groups excluding tert-OH is 1. The van der Waals surface area contributed by atoms with Gasteiger partial charge in [-0.25, -0.2) is 0 Å². The Morgan fingerprint density at radius 3 is 2.84 bits per heavy atom. The van der Waals surface area contributed by atoms with Gasteiger partial charge in [-0.1, -0.05) is 18.2 Å². The highest BCUT2D eigenvalue weighted by molar-refractivity contribution is 5.76. The molecule has 2 bridgehead atoms. The van der Waals surface area contributed by atoms with Crippen LogP contribution in [0.1, 0.15) is 31.5 Å². The van der Waals surface area contributed by atoms with Gasteiger partial charge in [-0.3, -0.25) is 9.36 Å². The number of aliphatic hydroxyl groups is 1. The molecule has 1 aromatic heterocycles. The molecule has 2 N–H and O–H groups in total. The van der Waals surface area contributed by atoms with Crippen LogP contribution in [0.3, 0.4) is 0 Å². The number of aryl methyl sites for hydroxylation is 1. The number of nitrogens with zero attached hydrogens (tertiary/aromatic N) is 3. The highest BCUT2D eigenvalue weighted by atomic mass is 16.3. The molecule has 2 aliphatic carbocycles. The lowest BCUT2D eigenvalue weighted by molar-refractivity contribution is -0.122. The van der Waals surface area contributed by atoms with Crippen molar-refractivity contribution in [3.05, 3.63) is 42.5 Å². The summed E-state index contributed by atoms with van der Waals surface area (Å²) in [5.41, 5.74) is 0.997. The average molecular weight is 340 g/mol. The van der Waals surface area contributed by atoms with Crippen molar-refractivity contribution in [1.29, 1.82) is 0 Å². The molecule has 0 saturated heterocycles. The second kappa shape index (κ2) is 6.96. The van der Waals surface area contributed by atoms with Crippen molar-refractivity contribution in [2.24, 2.45) is 17.8 Å². The van der Waals surface area contributed by atoms with Gasteiger partial charge in [0, 0.05) is 37.1 Å². The fourth-order valence-electron chi connectivity index (χ4n) is 4.62. The molecule has 0 aliphatic heterocycles. The fourth-order valence-corrected chi connectivity index (χ4v) is 4.62. The number of rotatable bonds is 6. The third-order valence-corrected chi connectivity index (χ3v) is 5.86. The highest BCUT2D eigenvalue weighted by Crippen LogP contribution is 2.48. The van der Waals surface area contributed by atoms with Gasteiger partial charge in [0.25, 0.3) is 0 Å². The summed E-state index contributed by atoms with van der Waals surface area (Å²) in [5, 5.41) is 21.0. The van der Waals surface area contributed by atoms with Crippen LogP contribution in [0.2, 0.25) is 0 Å². The van der Waals surface area contributed by atoms with Crippen molar-refractivity contribution in [1.82, 2.24) is 20.1 Å². The molecule has 0 radical (unpaired) electrons. The van der Waals surface area contributed by atoms with E-state index in [1.807, 2.05) is 34.9 Å². The van der Waals surface area contributed by atoms with E-state index in [1.165, 1.54) is 12.8 Å². The van der Waals surface area contributed by atoms with Crippen LogP contribution in [0.4, 0.5) is 0 Å². The molecular formula is C19H24N4O2. The van der Waals surface area contributed by atoms with E-state index in [0.717, 1.165) is 17.9 Å². The standard InChI is InChI=1S/C19H24N4O2/c24-11-16-13-6-7-14(10-13)19(16)21-18(25)9-8-17-22-20-12-23(17)15-4-2-1-3-5-15/h1-5,12-14,16,19,24H,6-11H2,(H,21,25). The Morgan fingerprint density at radius 1 is 1.24 bits per heavy atom. The lowest BCUT2D eigenvalue weighted by Gasteiger charge is -2.30. The SMILES string of the molecule is O=C(CCc1nncn1-c1ccccc1)NC1C2CCC(C2)C1CO. The molecule has 4 rings (SSSR count). The van der Waals surface area contributed by atoms with Gasteiger partial charge in [-0.05, 0) is 43.2 Å². The van der Waals surface area contributed by atoms with E-state index in [9.17, 15) is 9.90 Å². The maximum Gasteiger partial charge on any atom is 0.220 e. The van der Waals surface area contributed by atoms with Crippen molar-refractivity contribution < 1.29 is 9.90 Å². The summed E-state index contributed by atoms with van der Waals surface area (Å²) < 4.78 is 1.92. The van der Waals surface area contributed by atoms with E-state index in [0.29, 0.717) is 24.7 Å². The van der Waals surface area contributed by atoms with Crippen LogP contribution >= 0.6 is 0 Å². The molecule has 6 heteroatoms. The molecular weight excluding hydrogens is 316 g/mol. The molecule has 6 nitrogen and oxygen atoms in total. The number of carbonyl (C=O) groups excluding carboxylic acids is 1. The molecule has 25 heavy (non-hydrogen) atoms. The number of hydrogen-bond acceptors (Lipinski definition) is 4. The summed E-state index contributed by atoms with van der Waals surface area (Å²) in [6, 6.07) is 10.0. The number of para-hydroxylation sites is 1. The van der Waals surface area contributed by atoms with E-state index in [4.69, 9.17) is 0 Å². The van der Waals surface area contributed by atoms with E-state index >= 15 is 0 Å². The van der Waals surface area contributed by atoms with Crippen molar-refractivity contribution >= 4 is 5.91 Å². The average Bonchev–Trinajstić information content (AvgIpc) is 3.36. The number of carbonyl (C=O) groups is 1. The monoisotopic (exact) mass is 340 g/mol. The Labute approximate surface area is 147 Å². The minimum Gasteiger partial charge on any atom is -0.396 e. The minimum absolute atomic E-state index is 0.0404. The van der Waals surface area contributed by atoms with Crippen LogP contribution in [0.15, 0.2) is 36.7 Å². The molecule has 2 fully saturated rings. The third kappa shape index (κ3) is 3.18. The van der Waals surface area contributed by atoms with Crippen molar-refractivity contribution in [2.75, 3.05) is 6.61 Å². The Balaban J connectivity index is 1.36. The summed E-state index contributed by atoms with van der Waals surface area (Å²) in [6.45, 7) is 0.175. The zero-order valence-corrected chi connectivity index (χ0v) is 14.2. The first kappa shape index (κ1) is 16.3. The maximum absolute atomic E-state index is 12.4. The first-order chi connectivity index (χ1) is 12.3. The minimum atomic E-state index is 0.0404. The maximum atomic E-state index is 12.4. The van der Waals surface area contributed by atoms with E-state index in [2.05, 4.69) is 15.5 Å². The number of fused-ring (bicyclic) bond motifs is 2. The third-order valence-electron chi connectivity index (χ3n) is 5.86. The van der Waals surface area contributed by atoms with E-state index in [1.54, 1.807) is 6.33 Å². The van der Waals surface area contributed by atoms with Gasteiger partial charge in [0.15, 0.2) is 0 Å². The quantitative estimate of drug-likeness (QED) is 0.839. The lowest BCUT2D eigenvalue weighted by atomic mass is 9.85. The smallest absolute Gasteiger partial charge is 0.220 e. The zero-order valence-electron chi connectivity index (χ0n) is 14.2. The van der Waals surface area contributed by atoms with Gasteiger partial charge < -0.3 is 10.4 Å². The van der Waals surface area contributed by atoms with E-state index in [-0.39, 0.29) is 24.5 Å². The van der Waals surface area contributed by atoms with Gasteiger partial charge in [0.1, 0.15) is 12.2 Å². The van der Waals surface area contributed by atoms with Crippen LogP contribution in [0.5, 0.6) is 0 Å². The van der Waals surface area contributed by atoms with Crippen LogP contribution in [0, 0.1) is 17.8 Å². The second-order valence-electron chi connectivity index (χ2n) is 7.23. The molecule has 4 unspecified atom stereocenters. The Morgan fingerprint density at radius 2 is 2.04 bits per heavy atom. The summed E-state index contributed by atoms with van der Waals surface area (Å²) in [7, 11) is 0. The first-order valence-corrected chi connectivity index (χ1v) is 9.11. The molecule has 132 valence electrons. The molecule has 1 aromatic carbocycles. The molecule has 2 saturated carbocycles.